The van der Waals surface area contributed by atoms with Crippen molar-refractivity contribution in [3.05, 3.63) is 70.4 Å². The summed E-state index contributed by atoms with van der Waals surface area (Å²) < 4.78 is 14.4. The predicted molar refractivity (Wildman–Crippen MR) is 116 cm³/mol. The quantitative estimate of drug-likeness (QED) is 0.541. The second-order valence-electron chi connectivity index (χ2n) is 6.99. The van der Waals surface area contributed by atoms with Crippen LogP contribution in [0.2, 0.25) is 5.02 Å². The maximum Gasteiger partial charge on any atom is 0.255 e. The molecule has 0 aliphatic carbocycles. The number of carbonyl (C=O) groups is 1. The van der Waals surface area contributed by atoms with Gasteiger partial charge in [-0.3, -0.25) is 14.8 Å². The molecule has 2 heterocycles. The number of carbonyl (C=O) groups excluding carboxylic acids is 1. The number of halogens is 2. The second kappa shape index (κ2) is 9.19. The fraction of sp³-hybridized carbons (Fsp3) is 0.227. The number of aliphatic hydroxyl groups is 1. The molecule has 2 aromatic heterocycles. The number of aromatic nitrogens is 2. The van der Waals surface area contributed by atoms with Crippen molar-refractivity contribution < 1.29 is 14.3 Å². The summed E-state index contributed by atoms with van der Waals surface area (Å²) in [5.74, 6) is -0.792. The Morgan fingerprint density at radius 1 is 1.23 bits per heavy atom. The smallest absolute Gasteiger partial charge is 0.255 e. The third kappa shape index (κ3) is 4.93. The van der Waals surface area contributed by atoms with Gasteiger partial charge in [-0.25, -0.2) is 4.39 Å². The summed E-state index contributed by atoms with van der Waals surface area (Å²) >= 11 is 6.04. The summed E-state index contributed by atoms with van der Waals surface area (Å²) in [5, 5.41) is 15.7. The van der Waals surface area contributed by atoms with E-state index < -0.39 is 11.9 Å². The number of aliphatic hydroxyl groups excluding tert-OH is 1. The number of amides is 1. The molecule has 3 aromatic rings. The molecule has 1 aromatic carbocycles. The van der Waals surface area contributed by atoms with Crippen molar-refractivity contribution in [1.29, 1.82) is 0 Å². The maximum atomic E-state index is 14.4. The van der Waals surface area contributed by atoms with Crippen molar-refractivity contribution in [3.63, 3.8) is 0 Å². The van der Waals surface area contributed by atoms with E-state index in [4.69, 9.17) is 11.6 Å². The van der Waals surface area contributed by atoms with E-state index in [-0.39, 0.29) is 12.5 Å². The van der Waals surface area contributed by atoms with Gasteiger partial charge in [0.25, 0.3) is 5.91 Å². The zero-order valence-electron chi connectivity index (χ0n) is 16.8. The van der Waals surface area contributed by atoms with Crippen LogP contribution in [0, 0.1) is 19.7 Å². The van der Waals surface area contributed by atoms with Gasteiger partial charge in [-0.15, -0.1) is 0 Å². The van der Waals surface area contributed by atoms with E-state index in [0.29, 0.717) is 38.9 Å². The molecule has 1 amide bonds. The van der Waals surface area contributed by atoms with Crippen LogP contribution in [0.5, 0.6) is 0 Å². The number of anilines is 2. The fourth-order valence-electron chi connectivity index (χ4n) is 2.86. The highest BCUT2D eigenvalue weighted by Crippen LogP contribution is 2.31. The van der Waals surface area contributed by atoms with Gasteiger partial charge in [0, 0.05) is 40.9 Å². The average molecular weight is 429 g/mol. The first-order chi connectivity index (χ1) is 14.3. The number of nitrogens with one attached hydrogen (secondary N) is 2. The highest BCUT2D eigenvalue weighted by atomic mass is 35.5. The van der Waals surface area contributed by atoms with Crippen LogP contribution < -0.4 is 10.6 Å². The summed E-state index contributed by atoms with van der Waals surface area (Å²) in [7, 11) is 0. The molecule has 1 atom stereocenters. The molecule has 0 fully saturated rings. The van der Waals surface area contributed by atoms with Crippen molar-refractivity contribution in [1.82, 2.24) is 15.3 Å². The van der Waals surface area contributed by atoms with Crippen LogP contribution in [0.15, 0.2) is 42.7 Å². The lowest BCUT2D eigenvalue weighted by atomic mass is 10.1. The van der Waals surface area contributed by atoms with Gasteiger partial charge in [-0.2, -0.15) is 0 Å². The van der Waals surface area contributed by atoms with Crippen molar-refractivity contribution in [2.45, 2.75) is 26.9 Å². The molecule has 0 spiro atoms. The molecule has 0 aliphatic rings. The van der Waals surface area contributed by atoms with Gasteiger partial charge in [0.05, 0.1) is 23.0 Å². The molecule has 0 aliphatic heterocycles. The number of pyridine rings is 2. The van der Waals surface area contributed by atoms with Crippen molar-refractivity contribution >= 4 is 28.9 Å². The zero-order valence-corrected chi connectivity index (χ0v) is 17.6. The van der Waals surface area contributed by atoms with Crippen LogP contribution >= 0.6 is 11.6 Å². The normalized spacial score (nSPS) is 11.8. The van der Waals surface area contributed by atoms with Crippen LogP contribution in [-0.2, 0) is 0 Å². The minimum atomic E-state index is -0.665. The number of benzene rings is 1. The molecule has 156 valence electrons. The number of hydrogen-bond donors (Lipinski definition) is 3. The van der Waals surface area contributed by atoms with E-state index in [9.17, 15) is 14.3 Å². The van der Waals surface area contributed by atoms with Gasteiger partial charge in [-0.1, -0.05) is 11.6 Å². The lowest BCUT2D eigenvalue weighted by molar-refractivity contribution is 0.0924. The fourth-order valence-corrected chi connectivity index (χ4v) is 3.04. The molecular weight excluding hydrogens is 407 g/mol. The van der Waals surface area contributed by atoms with E-state index in [1.165, 1.54) is 24.4 Å². The highest BCUT2D eigenvalue weighted by molar-refractivity contribution is 6.30. The Balaban J connectivity index is 1.99. The number of nitrogens with zero attached hydrogens (tertiary/aromatic N) is 2. The van der Waals surface area contributed by atoms with Crippen LogP contribution in [0.3, 0.4) is 0 Å². The minimum Gasteiger partial charge on any atom is -0.392 e. The topological polar surface area (TPSA) is 87.1 Å². The Hall–Kier alpha value is -3.03. The van der Waals surface area contributed by atoms with Gasteiger partial charge < -0.3 is 15.7 Å². The van der Waals surface area contributed by atoms with Crippen LogP contribution in [0.1, 0.15) is 28.5 Å². The van der Waals surface area contributed by atoms with Gasteiger partial charge in [0.1, 0.15) is 5.82 Å². The van der Waals surface area contributed by atoms with E-state index in [2.05, 4.69) is 20.6 Å². The first-order valence-electron chi connectivity index (χ1n) is 9.37. The molecular formula is C22H22ClFN4O2. The van der Waals surface area contributed by atoms with Gasteiger partial charge >= 0.3 is 0 Å². The Morgan fingerprint density at radius 3 is 2.73 bits per heavy atom. The van der Waals surface area contributed by atoms with Crippen molar-refractivity contribution in [2.75, 3.05) is 11.9 Å². The summed E-state index contributed by atoms with van der Waals surface area (Å²) in [4.78, 5) is 21.0. The maximum absolute atomic E-state index is 14.4. The third-order valence-electron chi connectivity index (χ3n) is 4.61. The summed E-state index contributed by atoms with van der Waals surface area (Å²) in [6, 6.07) is 7.70. The van der Waals surface area contributed by atoms with Gasteiger partial charge in [-0.05, 0) is 56.7 Å². The third-order valence-corrected chi connectivity index (χ3v) is 4.85. The molecule has 0 bridgehead atoms. The van der Waals surface area contributed by atoms with Crippen molar-refractivity contribution in [2.24, 2.45) is 0 Å². The molecule has 6 nitrogen and oxygen atoms in total. The number of aryl methyl sites for hydroxylation is 1. The Kier molecular flexibility index (Phi) is 6.64. The van der Waals surface area contributed by atoms with Crippen LogP contribution in [0.25, 0.3) is 11.3 Å². The van der Waals surface area contributed by atoms with Crippen molar-refractivity contribution in [3.8, 4) is 11.3 Å². The van der Waals surface area contributed by atoms with Gasteiger partial charge in [0.15, 0.2) is 0 Å². The first-order valence-corrected chi connectivity index (χ1v) is 9.75. The minimum absolute atomic E-state index is 0.124. The molecule has 3 rings (SSSR count). The van der Waals surface area contributed by atoms with E-state index in [0.717, 1.165) is 5.56 Å². The Morgan fingerprint density at radius 2 is 2.00 bits per heavy atom. The molecule has 30 heavy (non-hydrogen) atoms. The average Bonchev–Trinajstić information content (AvgIpc) is 2.71. The zero-order chi connectivity index (χ0) is 21.8. The first kappa shape index (κ1) is 21.7. The highest BCUT2D eigenvalue weighted by Gasteiger charge is 2.16. The molecule has 8 heteroatoms. The number of hydrogen-bond acceptors (Lipinski definition) is 5. The predicted octanol–water partition coefficient (Wildman–Crippen LogP) is 4.41. The standard InChI is InChI=1S/C22H22ClFN4O2/c1-12(29)10-26-22(30)17-11-25-7-6-19(17)28-20-9-21(27-14(3)13(20)2)16-8-15(23)4-5-18(16)24/h4-9,11-12,29H,10H2,1-3H3,(H,26,30)(H,25,27,28). The van der Waals surface area contributed by atoms with Crippen LogP contribution in [0.4, 0.5) is 15.8 Å². The Bertz CT molecular complexity index is 1090. The molecule has 3 N–H and O–H groups in total. The summed E-state index contributed by atoms with van der Waals surface area (Å²) in [6.45, 7) is 5.42. The van der Waals surface area contributed by atoms with Gasteiger partial charge in [0.2, 0.25) is 0 Å². The van der Waals surface area contributed by atoms with E-state index in [1.807, 2.05) is 13.8 Å². The lowest BCUT2D eigenvalue weighted by Crippen LogP contribution is -2.31. The largest absolute Gasteiger partial charge is 0.392 e. The molecule has 0 saturated carbocycles. The lowest BCUT2D eigenvalue weighted by Gasteiger charge is -2.16. The second-order valence-corrected chi connectivity index (χ2v) is 7.43. The Labute approximate surface area is 179 Å². The monoisotopic (exact) mass is 428 g/mol. The van der Waals surface area contributed by atoms with Crippen LogP contribution in [-0.4, -0.2) is 33.6 Å². The molecule has 0 saturated heterocycles. The molecule has 0 radical (unpaired) electrons. The van der Waals surface area contributed by atoms with E-state index in [1.54, 1.807) is 25.3 Å². The SMILES string of the molecule is Cc1nc(-c2cc(Cl)ccc2F)cc(Nc2ccncc2C(=O)NCC(C)O)c1C. The molecule has 1 unspecified atom stereocenters. The van der Waals surface area contributed by atoms with E-state index >= 15 is 0 Å². The number of rotatable bonds is 6. The summed E-state index contributed by atoms with van der Waals surface area (Å²) in [5.41, 5.74) is 3.80. The summed E-state index contributed by atoms with van der Waals surface area (Å²) in [6.07, 6.45) is 2.34.